The molecule has 0 spiro atoms. The molecule has 6 nitrogen and oxygen atoms in total. The van der Waals surface area contributed by atoms with Gasteiger partial charge in [-0.25, -0.2) is 18.7 Å². The molecule has 0 fully saturated rings. The van der Waals surface area contributed by atoms with E-state index in [2.05, 4.69) is 20.3 Å². The first-order valence-electron chi connectivity index (χ1n) is 8.21. The summed E-state index contributed by atoms with van der Waals surface area (Å²) in [6.07, 6.45) is 7.09. The van der Waals surface area contributed by atoms with Gasteiger partial charge in [0.05, 0.1) is 18.1 Å². The molecule has 0 radical (unpaired) electrons. The van der Waals surface area contributed by atoms with E-state index in [1.54, 1.807) is 12.4 Å². The minimum Gasteiger partial charge on any atom is -0.358 e. The van der Waals surface area contributed by atoms with E-state index in [1.165, 1.54) is 12.4 Å². The Morgan fingerprint density at radius 1 is 1.11 bits per heavy atom. The Bertz CT molecular complexity index is 919. The molecule has 138 valence electrons. The Morgan fingerprint density at radius 3 is 2.56 bits per heavy atom. The van der Waals surface area contributed by atoms with Crippen LogP contribution in [-0.2, 0) is 6.42 Å². The largest absolute Gasteiger partial charge is 0.358 e. The number of amides is 1. The highest BCUT2D eigenvalue weighted by molar-refractivity contribution is 6.02. The average Bonchev–Trinajstić information content (AvgIpc) is 2.69. The van der Waals surface area contributed by atoms with Crippen molar-refractivity contribution in [3.63, 3.8) is 0 Å². The van der Waals surface area contributed by atoms with Gasteiger partial charge in [0.2, 0.25) is 0 Å². The van der Waals surface area contributed by atoms with Crippen LogP contribution in [0.2, 0.25) is 0 Å². The van der Waals surface area contributed by atoms with Gasteiger partial charge in [-0.2, -0.15) is 0 Å². The van der Waals surface area contributed by atoms with Gasteiger partial charge >= 0.3 is 0 Å². The molecule has 0 aliphatic heterocycles. The van der Waals surface area contributed by atoms with Gasteiger partial charge in [0.25, 0.3) is 5.91 Å². The lowest BCUT2D eigenvalue weighted by Crippen LogP contribution is -2.22. The van der Waals surface area contributed by atoms with Crippen LogP contribution in [0.3, 0.4) is 0 Å². The maximum atomic E-state index is 13.6. The third-order valence-electron chi connectivity index (χ3n) is 3.93. The molecule has 0 aliphatic carbocycles. The molecule has 8 heteroatoms. The molecule has 3 rings (SSSR count). The maximum Gasteiger partial charge on any atom is 0.275 e. The van der Waals surface area contributed by atoms with E-state index >= 15 is 0 Å². The number of carbonyl (C=O) groups is 1. The number of likely N-dealkylation sites (N-methyl/N-ethyl adjacent to an activating group) is 1. The fourth-order valence-corrected chi connectivity index (χ4v) is 2.37. The van der Waals surface area contributed by atoms with Gasteiger partial charge in [0, 0.05) is 32.1 Å². The van der Waals surface area contributed by atoms with Gasteiger partial charge in [0.15, 0.2) is 0 Å². The van der Waals surface area contributed by atoms with Gasteiger partial charge < -0.3 is 10.2 Å². The summed E-state index contributed by atoms with van der Waals surface area (Å²) in [6.45, 7) is 0.713. The highest BCUT2D eigenvalue weighted by Crippen LogP contribution is 2.16. The smallest absolute Gasteiger partial charge is 0.275 e. The van der Waals surface area contributed by atoms with Crippen LogP contribution in [-0.4, -0.2) is 34.5 Å². The van der Waals surface area contributed by atoms with Gasteiger partial charge in [-0.15, -0.1) is 0 Å². The summed E-state index contributed by atoms with van der Waals surface area (Å²) in [5.74, 6) is -1.60. The number of halogens is 2. The number of rotatable bonds is 6. The van der Waals surface area contributed by atoms with E-state index in [0.29, 0.717) is 18.4 Å². The minimum absolute atomic E-state index is 0.0324. The second-order valence-electron chi connectivity index (χ2n) is 5.87. The molecule has 2 aromatic heterocycles. The fraction of sp³-hybridized carbons (Fsp3) is 0.158. The quantitative estimate of drug-likeness (QED) is 0.723. The highest BCUT2D eigenvalue weighted by Gasteiger charge is 2.13. The van der Waals surface area contributed by atoms with E-state index in [1.807, 2.05) is 24.1 Å². The summed E-state index contributed by atoms with van der Waals surface area (Å²) in [6, 6.07) is 6.80. The molecule has 2 heterocycles. The van der Waals surface area contributed by atoms with Gasteiger partial charge in [-0.05, 0) is 36.2 Å². The second-order valence-corrected chi connectivity index (χ2v) is 5.87. The predicted molar refractivity (Wildman–Crippen MR) is 97.6 cm³/mol. The number of anilines is 2. The Morgan fingerprint density at radius 2 is 1.89 bits per heavy atom. The summed E-state index contributed by atoms with van der Waals surface area (Å²) >= 11 is 0. The zero-order valence-electron chi connectivity index (χ0n) is 14.6. The Hall–Kier alpha value is -3.42. The molecule has 0 aliphatic rings. The Kier molecular flexibility index (Phi) is 5.65. The average molecular weight is 369 g/mol. The van der Waals surface area contributed by atoms with Crippen LogP contribution >= 0.6 is 0 Å². The molecule has 1 N–H and O–H groups in total. The number of carbonyl (C=O) groups excluding carboxylic acids is 1. The number of aromatic nitrogens is 3. The summed E-state index contributed by atoms with van der Waals surface area (Å²) in [5.41, 5.74) is 1.06. The van der Waals surface area contributed by atoms with E-state index in [9.17, 15) is 13.6 Å². The molecule has 0 saturated carbocycles. The Labute approximate surface area is 154 Å². The number of nitrogens with one attached hydrogen (secondary N) is 1. The van der Waals surface area contributed by atoms with Crippen LogP contribution in [0.1, 0.15) is 16.1 Å². The normalized spacial score (nSPS) is 10.5. The van der Waals surface area contributed by atoms with Crippen LogP contribution in [0, 0.1) is 11.6 Å². The molecular formula is C19H17F2N5O. The Balaban J connectivity index is 1.61. The number of benzene rings is 1. The van der Waals surface area contributed by atoms with Crippen molar-refractivity contribution < 1.29 is 13.6 Å². The standard InChI is InChI=1S/C19H17F2N5O/c1-26(9-6-13-4-7-22-8-5-13)18-12-23-17(11-24-18)19(27)25-16-3-2-14(20)10-15(16)21/h2-5,7-8,10-12H,6,9H2,1H3,(H,25,27). The van der Waals surface area contributed by atoms with Crippen molar-refractivity contribution in [2.45, 2.75) is 6.42 Å². The van der Waals surface area contributed by atoms with E-state index in [0.717, 1.165) is 24.1 Å². The molecule has 3 aromatic rings. The lowest BCUT2D eigenvalue weighted by atomic mass is 10.2. The topological polar surface area (TPSA) is 71.0 Å². The molecular weight excluding hydrogens is 352 g/mol. The van der Waals surface area contributed by atoms with Gasteiger partial charge in [-0.3, -0.25) is 9.78 Å². The van der Waals surface area contributed by atoms with Crippen molar-refractivity contribution in [2.24, 2.45) is 0 Å². The molecule has 0 unspecified atom stereocenters. The van der Waals surface area contributed by atoms with Crippen molar-refractivity contribution in [1.29, 1.82) is 0 Å². The van der Waals surface area contributed by atoms with Crippen LogP contribution in [0.15, 0.2) is 55.1 Å². The van der Waals surface area contributed by atoms with Crippen molar-refractivity contribution >= 4 is 17.4 Å². The van der Waals surface area contributed by atoms with Crippen LogP contribution in [0.5, 0.6) is 0 Å². The maximum absolute atomic E-state index is 13.6. The van der Waals surface area contributed by atoms with E-state index in [4.69, 9.17) is 0 Å². The zero-order valence-corrected chi connectivity index (χ0v) is 14.6. The van der Waals surface area contributed by atoms with Crippen LogP contribution < -0.4 is 10.2 Å². The number of hydrogen-bond donors (Lipinski definition) is 1. The van der Waals surface area contributed by atoms with Gasteiger partial charge in [-0.1, -0.05) is 0 Å². The second kappa shape index (κ2) is 8.31. The van der Waals surface area contributed by atoms with Crippen molar-refractivity contribution in [3.8, 4) is 0 Å². The minimum atomic E-state index is -0.858. The monoisotopic (exact) mass is 369 g/mol. The van der Waals surface area contributed by atoms with Gasteiger partial charge in [0.1, 0.15) is 23.1 Å². The molecule has 1 amide bonds. The first kappa shape index (κ1) is 18.4. The highest BCUT2D eigenvalue weighted by atomic mass is 19.1. The van der Waals surface area contributed by atoms with Crippen LogP contribution in [0.4, 0.5) is 20.3 Å². The molecule has 0 atom stereocenters. The fourth-order valence-electron chi connectivity index (χ4n) is 2.37. The summed E-state index contributed by atoms with van der Waals surface area (Å²) < 4.78 is 26.5. The van der Waals surface area contributed by atoms with Crippen molar-refractivity contribution in [3.05, 3.63) is 78.0 Å². The summed E-state index contributed by atoms with van der Waals surface area (Å²) in [7, 11) is 1.87. The molecule has 0 saturated heterocycles. The van der Waals surface area contributed by atoms with E-state index < -0.39 is 17.5 Å². The molecule has 0 bridgehead atoms. The number of pyridine rings is 1. The zero-order chi connectivity index (χ0) is 19.2. The SMILES string of the molecule is CN(CCc1ccncc1)c1cnc(C(=O)Nc2ccc(F)cc2F)cn1. The molecule has 1 aromatic carbocycles. The predicted octanol–water partition coefficient (Wildman–Crippen LogP) is 3.08. The van der Waals surface area contributed by atoms with E-state index in [-0.39, 0.29) is 11.4 Å². The van der Waals surface area contributed by atoms with Crippen LogP contribution in [0.25, 0.3) is 0 Å². The lowest BCUT2D eigenvalue weighted by Gasteiger charge is -2.17. The first-order chi connectivity index (χ1) is 13.0. The third kappa shape index (κ3) is 4.81. The van der Waals surface area contributed by atoms with Crippen molar-refractivity contribution in [2.75, 3.05) is 23.8 Å². The first-order valence-corrected chi connectivity index (χ1v) is 8.21. The summed E-state index contributed by atoms with van der Waals surface area (Å²) in [5, 5.41) is 2.35. The number of hydrogen-bond acceptors (Lipinski definition) is 5. The molecule has 27 heavy (non-hydrogen) atoms. The van der Waals surface area contributed by atoms with Crippen molar-refractivity contribution in [1.82, 2.24) is 15.0 Å². The summed E-state index contributed by atoms with van der Waals surface area (Å²) in [4.78, 5) is 26.3. The third-order valence-corrected chi connectivity index (χ3v) is 3.93. The number of nitrogens with zero attached hydrogens (tertiary/aromatic N) is 4. The lowest BCUT2D eigenvalue weighted by molar-refractivity contribution is 0.102.